The quantitative estimate of drug-likeness (QED) is 0.152. The largest absolute Gasteiger partial charge is 0.309 e. The number of hydrogen-bond donors (Lipinski definition) is 0. The van der Waals surface area contributed by atoms with E-state index < -0.39 is 0 Å². The molecule has 0 atom stereocenters. The fourth-order valence-electron chi connectivity index (χ4n) is 11.9. The van der Waals surface area contributed by atoms with E-state index in [9.17, 15) is 10.5 Å². The summed E-state index contributed by atoms with van der Waals surface area (Å²) in [6.45, 7) is 0. The normalized spacial score (nSPS) is 11.5. The van der Waals surface area contributed by atoms with Gasteiger partial charge in [0.15, 0.2) is 5.82 Å². The molecular weight excluding hydrogens is 963 g/mol. The van der Waals surface area contributed by atoms with Crippen molar-refractivity contribution < 1.29 is 0 Å². The lowest BCUT2D eigenvalue weighted by Crippen LogP contribution is -2.03. The molecule has 4 aromatic heterocycles. The molecule has 7 nitrogen and oxygen atoms in total. The van der Waals surface area contributed by atoms with Gasteiger partial charge in [-0.3, -0.25) is 0 Å². The van der Waals surface area contributed by atoms with Crippen molar-refractivity contribution in [3.05, 3.63) is 272 Å². The summed E-state index contributed by atoms with van der Waals surface area (Å²) < 4.78 is 7.20. The molecule has 11 aromatic carbocycles. The van der Waals surface area contributed by atoms with E-state index in [0.717, 1.165) is 111 Å². The molecule has 15 rings (SSSR count). The van der Waals surface area contributed by atoms with Gasteiger partial charge in [-0.1, -0.05) is 158 Å². The molecule has 7 heteroatoms. The molecule has 0 aliphatic carbocycles. The highest BCUT2D eigenvalue weighted by molar-refractivity contribution is 6.15. The van der Waals surface area contributed by atoms with Gasteiger partial charge in [-0.25, -0.2) is 9.97 Å². The Morgan fingerprint density at radius 3 is 1.06 bits per heavy atom. The minimum Gasteiger partial charge on any atom is -0.309 e. The number of rotatable bonds is 8. The average Bonchev–Trinajstić information content (AvgIpc) is 4.39. The topological polar surface area (TPSA) is 88.2 Å². The third-order valence-electron chi connectivity index (χ3n) is 15.5. The maximum atomic E-state index is 10.1. The lowest BCUT2D eigenvalue weighted by molar-refractivity contribution is 1.16. The Morgan fingerprint density at radius 1 is 0.278 bits per heavy atom. The molecule has 0 aliphatic rings. The lowest BCUT2D eigenvalue weighted by atomic mass is 9.91. The average molecular weight is 1010 g/mol. The lowest BCUT2D eigenvalue weighted by Gasteiger charge is -2.21. The van der Waals surface area contributed by atoms with Gasteiger partial charge in [0.1, 0.15) is 0 Å². The first-order valence-electron chi connectivity index (χ1n) is 26.3. The molecule has 0 saturated carbocycles. The van der Waals surface area contributed by atoms with Gasteiger partial charge in [0.2, 0.25) is 0 Å². The third-order valence-corrected chi connectivity index (χ3v) is 15.5. The minimum atomic E-state index is 0.566. The van der Waals surface area contributed by atoms with Crippen LogP contribution in [0.25, 0.3) is 139 Å². The maximum absolute atomic E-state index is 10.1. The van der Waals surface area contributed by atoms with E-state index in [1.165, 1.54) is 21.5 Å². The fourth-order valence-corrected chi connectivity index (χ4v) is 11.9. The molecule has 79 heavy (non-hydrogen) atoms. The monoisotopic (exact) mass is 1010 g/mol. The summed E-state index contributed by atoms with van der Waals surface area (Å²) in [4.78, 5) is 10.5. The van der Waals surface area contributed by atoms with Crippen molar-refractivity contribution >= 4 is 65.4 Å². The van der Waals surface area contributed by atoms with Crippen LogP contribution in [-0.2, 0) is 0 Å². The molecule has 0 unspecified atom stereocenters. The van der Waals surface area contributed by atoms with Gasteiger partial charge in [-0.05, 0) is 114 Å². The molecule has 0 amide bonds. The van der Waals surface area contributed by atoms with Crippen molar-refractivity contribution in [2.45, 2.75) is 0 Å². The third kappa shape index (κ3) is 7.41. The summed E-state index contributed by atoms with van der Waals surface area (Å²) in [6, 6.07) is 95.7. The molecule has 366 valence electrons. The number of hydrogen-bond acceptors (Lipinski definition) is 4. The van der Waals surface area contributed by atoms with Crippen LogP contribution in [-0.4, -0.2) is 23.7 Å². The van der Waals surface area contributed by atoms with E-state index >= 15 is 0 Å². The molecule has 15 aromatic rings. The van der Waals surface area contributed by atoms with E-state index in [4.69, 9.17) is 9.97 Å². The predicted molar refractivity (Wildman–Crippen MR) is 322 cm³/mol. The van der Waals surface area contributed by atoms with Crippen LogP contribution in [0.3, 0.4) is 0 Å². The van der Waals surface area contributed by atoms with Crippen LogP contribution in [0.15, 0.2) is 261 Å². The van der Waals surface area contributed by atoms with Gasteiger partial charge in [-0.2, -0.15) is 10.5 Å². The Labute approximate surface area is 454 Å². The summed E-state index contributed by atoms with van der Waals surface area (Å²) >= 11 is 0. The van der Waals surface area contributed by atoms with Crippen molar-refractivity contribution in [2.24, 2.45) is 0 Å². The highest BCUT2D eigenvalue weighted by atomic mass is 15.0. The second-order valence-corrected chi connectivity index (χ2v) is 20.0. The van der Waals surface area contributed by atoms with Gasteiger partial charge in [0, 0.05) is 71.5 Å². The van der Waals surface area contributed by atoms with Crippen molar-refractivity contribution in [3.8, 4) is 85.4 Å². The van der Waals surface area contributed by atoms with Gasteiger partial charge >= 0.3 is 0 Å². The zero-order chi connectivity index (χ0) is 52.6. The number of aromatic nitrogens is 5. The first-order valence-corrected chi connectivity index (χ1v) is 26.3. The fraction of sp³-hybridized carbons (Fsp3) is 0. The van der Waals surface area contributed by atoms with Gasteiger partial charge in [0.25, 0.3) is 0 Å². The highest BCUT2D eigenvalue weighted by Crippen LogP contribution is 2.46. The Hall–Kier alpha value is -11.1. The molecular formula is C72H43N7. The summed E-state index contributed by atoms with van der Waals surface area (Å²) in [5.41, 5.74) is 18.7. The smallest absolute Gasteiger partial charge is 0.160 e. The van der Waals surface area contributed by atoms with Crippen LogP contribution < -0.4 is 0 Å². The van der Waals surface area contributed by atoms with Crippen LogP contribution in [0.5, 0.6) is 0 Å². The molecule has 0 fully saturated rings. The van der Waals surface area contributed by atoms with E-state index in [2.05, 4.69) is 190 Å². The van der Waals surface area contributed by atoms with Gasteiger partial charge < -0.3 is 13.7 Å². The van der Waals surface area contributed by atoms with Crippen LogP contribution in [0.4, 0.5) is 0 Å². The molecule has 0 radical (unpaired) electrons. The molecule has 0 saturated heterocycles. The van der Waals surface area contributed by atoms with Crippen molar-refractivity contribution in [1.82, 2.24) is 23.7 Å². The first-order chi connectivity index (χ1) is 39.1. The Morgan fingerprint density at radius 2 is 0.646 bits per heavy atom. The van der Waals surface area contributed by atoms with E-state index in [1.807, 2.05) is 97.1 Å². The Balaban J connectivity index is 1.07. The first kappa shape index (κ1) is 45.3. The number of nitrogens with zero attached hydrogens (tertiary/aromatic N) is 7. The molecule has 0 aliphatic heterocycles. The van der Waals surface area contributed by atoms with Crippen LogP contribution in [0.1, 0.15) is 11.1 Å². The van der Waals surface area contributed by atoms with Gasteiger partial charge in [0.05, 0.1) is 73.4 Å². The van der Waals surface area contributed by atoms with Crippen LogP contribution >= 0.6 is 0 Å². The van der Waals surface area contributed by atoms with Crippen LogP contribution in [0.2, 0.25) is 0 Å². The number of fused-ring (bicyclic) bond motifs is 9. The van der Waals surface area contributed by atoms with Crippen molar-refractivity contribution in [3.63, 3.8) is 0 Å². The number of benzene rings is 11. The molecule has 0 bridgehead atoms. The zero-order valence-electron chi connectivity index (χ0n) is 42.5. The second-order valence-electron chi connectivity index (χ2n) is 20.0. The number of nitriles is 2. The second kappa shape index (κ2) is 18.3. The number of para-hydroxylation sites is 4. The summed E-state index contributed by atoms with van der Waals surface area (Å²) in [5, 5.41) is 27.2. The Kier molecular flexibility index (Phi) is 10.5. The van der Waals surface area contributed by atoms with Gasteiger partial charge in [-0.15, -0.1) is 0 Å². The van der Waals surface area contributed by atoms with Crippen molar-refractivity contribution in [1.29, 1.82) is 10.5 Å². The van der Waals surface area contributed by atoms with Crippen molar-refractivity contribution in [2.75, 3.05) is 0 Å². The summed E-state index contributed by atoms with van der Waals surface area (Å²) in [5.74, 6) is 0.612. The zero-order valence-corrected chi connectivity index (χ0v) is 42.5. The Bertz CT molecular complexity index is 4600. The molecule has 4 heterocycles. The predicted octanol–water partition coefficient (Wildman–Crippen LogP) is 17.8. The standard InChI is InChI=1S/C72H43N7/c73-44-46-27-31-48(32-28-46)59-39-52(64-43-63(50-15-3-1-4-16-50)75-72(76-64)51-17-5-2-6-18-51)40-60(49-33-29-47(45-74)30-34-49)71(59)79-69-37-35-53(77-65-23-11-7-19-55(65)56-20-8-12-24-66(56)77)41-61(69)62-42-54(36-38-70(62)79)78-67-25-13-9-21-57(67)58-22-10-14-26-68(58)78/h1-43H. The SMILES string of the molecule is N#Cc1ccc(-c2cc(-c3cc(-c4ccccc4)nc(-c4ccccc4)n3)cc(-c3ccc(C#N)cc3)c2-n2c3ccc(-n4c5ccccc5c5ccccc54)cc3c3cc(-n4c5ccccc5c5ccccc54)ccc32)cc1. The van der Waals surface area contributed by atoms with E-state index in [0.29, 0.717) is 17.0 Å². The van der Waals surface area contributed by atoms with E-state index in [-0.39, 0.29) is 0 Å². The minimum absolute atomic E-state index is 0.566. The van der Waals surface area contributed by atoms with Crippen LogP contribution in [0, 0.1) is 22.7 Å². The summed E-state index contributed by atoms with van der Waals surface area (Å²) in [6.07, 6.45) is 0. The molecule has 0 N–H and O–H groups in total. The highest BCUT2D eigenvalue weighted by Gasteiger charge is 2.25. The van der Waals surface area contributed by atoms with E-state index in [1.54, 1.807) is 0 Å². The summed E-state index contributed by atoms with van der Waals surface area (Å²) in [7, 11) is 0. The molecule has 0 spiro atoms. The maximum Gasteiger partial charge on any atom is 0.160 e.